The van der Waals surface area contributed by atoms with Crippen LogP contribution < -0.4 is 5.32 Å². The van der Waals surface area contributed by atoms with Crippen LogP contribution in [-0.4, -0.2) is 26.6 Å². The van der Waals surface area contributed by atoms with Gasteiger partial charge in [0.1, 0.15) is 5.82 Å². The molecule has 1 atom stereocenters. The standard InChI is InChI=1S/C13H16N4OS/c1-2-11(13-15-7-8-16-13)17-12(18)9-19-10-3-5-14-6-4-10/h3-8,11H,2,9H2,1H3,(H,15,16)(H,17,18). The molecule has 6 heteroatoms. The summed E-state index contributed by atoms with van der Waals surface area (Å²) >= 11 is 1.50. The number of hydrogen-bond acceptors (Lipinski definition) is 4. The molecule has 0 aromatic carbocycles. The Balaban J connectivity index is 1.84. The van der Waals surface area contributed by atoms with Crippen LogP contribution in [0, 0.1) is 0 Å². The van der Waals surface area contributed by atoms with E-state index in [1.807, 2.05) is 19.1 Å². The maximum absolute atomic E-state index is 11.9. The smallest absolute Gasteiger partial charge is 0.230 e. The highest BCUT2D eigenvalue weighted by atomic mass is 32.2. The van der Waals surface area contributed by atoms with E-state index in [9.17, 15) is 4.79 Å². The van der Waals surface area contributed by atoms with E-state index in [4.69, 9.17) is 0 Å². The van der Waals surface area contributed by atoms with Crippen molar-refractivity contribution in [2.24, 2.45) is 0 Å². The number of H-pyrrole nitrogens is 1. The molecule has 2 aromatic heterocycles. The molecular weight excluding hydrogens is 260 g/mol. The lowest BCUT2D eigenvalue weighted by Crippen LogP contribution is -2.30. The Labute approximate surface area is 116 Å². The van der Waals surface area contributed by atoms with Crippen molar-refractivity contribution in [3.63, 3.8) is 0 Å². The van der Waals surface area contributed by atoms with Gasteiger partial charge in [0.15, 0.2) is 0 Å². The van der Waals surface area contributed by atoms with Crippen molar-refractivity contribution >= 4 is 17.7 Å². The lowest BCUT2D eigenvalue weighted by Gasteiger charge is -2.14. The highest BCUT2D eigenvalue weighted by Gasteiger charge is 2.14. The summed E-state index contributed by atoms with van der Waals surface area (Å²) in [4.78, 5) is 24.1. The Bertz CT molecular complexity index is 501. The number of nitrogens with zero attached hydrogens (tertiary/aromatic N) is 2. The molecule has 100 valence electrons. The van der Waals surface area contributed by atoms with Gasteiger partial charge in [0.2, 0.25) is 5.91 Å². The molecule has 2 aromatic rings. The first-order valence-corrected chi connectivity index (χ1v) is 7.09. The predicted molar refractivity (Wildman–Crippen MR) is 74.7 cm³/mol. The van der Waals surface area contributed by atoms with Crippen molar-refractivity contribution in [2.75, 3.05) is 5.75 Å². The topological polar surface area (TPSA) is 70.7 Å². The number of hydrogen-bond donors (Lipinski definition) is 2. The highest BCUT2D eigenvalue weighted by Crippen LogP contribution is 2.17. The molecule has 1 amide bonds. The summed E-state index contributed by atoms with van der Waals surface area (Å²) in [6, 6.07) is 3.73. The Morgan fingerprint density at radius 3 is 2.84 bits per heavy atom. The van der Waals surface area contributed by atoms with Crippen LogP contribution in [-0.2, 0) is 4.79 Å². The molecule has 0 saturated heterocycles. The molecule has 5 nitrogen and oxygen atoms in total. The minimum atomic E-state index is -0.0551. The summed E-state index contributed by atoms with van der Waals surface area (Å²) in [6.07, 6.45) is 7.70. The van der Waals surface area contributed by atoms with Crippen LogP contribution in [0.25, 0.3) is 0 Å². The van der Waals surface area contributed by atoms with E-state index < -0.39 is 0 Å². The summed E-state index contributed by atoms with van der Waals surface area (Å²) in [5.74, 6) is 1.19. The minimum Gasteiger partial charge on any atom is -0.347 e. The zero-order valence-electron chi connectivity index (χ0n) is 10.7. The van der Waals surface area contributed by atoms with E-state index in [-0.39, 0.29) is 11.9 Å². The van der Waals surface area contributed by atoms with Gasteiger partial charge < -0.3 is 10.3 Å². The molecule has 0 saturated carbocycles. The fourth-order valence-electron chi connectivity index (χ4n) is 1.65. The number of thioether (sulfide) groups is 1. The second-order valence-corrected chi connectivity index (χ2v) is 5.02. The van der Waals surface area contributed by atoms with Gasteiger partial charge in [-0.25, -0.2) is 4.98 Å². The number of nitrogens with one attached hydrogen (secondary N) is 2. The van der Waals surface area contributed by atoms with Crippen molar-refractivity contribution in [1.29, 1.82) is 0 Å². The number of amides is 1. The molecule has 0 aliphatic carbocycles. The van der Waals surface area contributed by atoms with Gasteiger partial charge in [-0.3, -0.25) is 9.78 Å². The largest absolute Gasteiger partial charge is 0.347 e. The summed E-state index contributed by atoms with van der Waals surface area (Å²) in [5.41, 5.74) is 0. The Morgan fingerprint density at radius 2 is 2.21 bits per heavy atom. The normalized spacial score (nSPS) is 12.1. The van der Waals surface area contributed by atoms with Crippen molar-refractivity contribution in [3.8, 4) is 0 Å². The lowest BCUT2D eigenvalue weighted by atomic mass is 10.2. The summed E-state index contributed by atoms with van der Waals surface area (Å²) < 4.78 is 0. The third kappa shape index (κ3) is 4.10. The molecule has 2 heterocycles. The molecule has 0 aliphatic heterocycles. The van der Waals surface area contributed by atoms with Gasteiger partial charge in [0.25, 0.3) is 0 Å². The molecule has 2 N–H and O–H groups in total. The van der Waals surface area contributed by atoms with Gasteiger partial charge in [0.05, 0.1) is 11.8 Å². The zero-order chi connectivity index (χ0) is 13.5. The zero-order valence-corrected chi connectivity index (χ0v) is 11.5. The molecular formula is C13H16N4OS. The van der Waals surface area contributed by atoms with Gasteiger partial charge >= 0.3 is 0 Å². The van der Waals surface area contributed by atoms with Gasteiger partial charge in [-0.1, -0.05) is 6.92 Å². The van der Waals surface area contributed by atoms with E-state index in [0.717, 1.165) is 17.1 Å². The fourth-order valence-corrected chi connectivity index (χ4v) is 2.35. The molecule has 0 spiro atoms. The first kappa shape index (κ1) is 13.6. The third-order valence-corrected chi connectivity index (χ3v) is 3.62. The average Bonchev–Trinajstić information content (AvgIpc) is 2.97. The van der Waals surface area contributed by atoms with Crippen molar-refractivity contribution in [3.05, 3.63) is 42.7 Å². The molecule has 0 bridgehead atoms. The van der Waals surface area contributed by atoms with Crippen LogP contribution in [0.15, 0.2) is 41.8 Å². The lowest BCUT2D eigenvalue weighted by molar-refractivity contribution is -0.119. The van der Waals surface area contributed by atoms with Crippen molar-refractivity contribution < 1.29 is 4.79 Å². The second-order valence-electron chi connectivity index (χ2n) is 3.97. The van der Waals surface area contributed by atoms with Gasteiger partial charge in [-0.05, 0) is 18.6 Å². The van der Waals surface area contributed by atoms with Crippen molar-refractivity contribution in [1.82, 2.24) is 20.3 Å². The van der Waals surface area contributed by atoms with E-state index >= 15 is 0 Å². The Hall–Kier alpha value is -1.82. The molecule has 0 fully saturated rings. The highest BCUT2D eigenvalue weighted by molar-refractivity contribution is 8.00. The number of imidazole rings is 1. The van der Waals surface area contributed by atoms with Crippen LogP contribution in [0.3, 0.4) is 0 Å². The minimum absolute atomic E-state index is 0.00469. The fraction of sp³-hybridized carbons (Fsp3) is 0.308. The molecule has 0 aliphatic rings. The van der Waals surface area contributed by atoms with Crippen LogP contribution >= 0.6 is 11.8 Å². The monoisotopic (exact) mass is 276 g/mol. The molecule has 1 unspecified atom stereocenters. The molecule has 19 heavy (non-hydrogen) atoms. The van der Waals surface area contributed by atoms with E-state index in [1.165, 1.54) is 11.8 Å². The quantitative estimate of drug-likeness (QED) is 0.793. The second kappa shape index (κ2) is 6.94. The van der Waals surface area contributed by atoms with Crippen LogP contribution in [0.1, 0.15) is 25.2 Å². The maximum Gasteiger partial charge on any atom is 0.230 e. The number of carbonyl (C=O) groups excluding carboxylic acids is 1. The van der Waals surface area contributed by atoms with E-state index in [1.54, 1.807) is 24.8 Å². The number of pyridine rings is 1. The number of aromatic amines is 1. The summed E-state index contributed by atoms with van der Waals surface area (Å²) in [7, 11) is 0. The molecule has 2 rings (SSSR count). The SMILES string of the molecule is CCC(NC(=O)CSc1ccncc1)c1ncc[nH]1. The van der Waals surface area contributed by atoms with E-state index in [2.05, 4.69) is 20.3 Å². The Morgan fingerprint density at radius 1 is 1.42 bits per heavy atom. The van der Waals surface area contributed by atoms with E-state index in [0.29, 0.717) is 5.75 Å². The first-order chi connectivity index (χ1) is 9.29. The summed E-state index contributed by atoms with van der Waals surface area (Å²) in [5, 5.41) is 2.97. The predicted octanol–water partition coefficient (Wildman–Crippen LogP) is 2.16. The average molecular weight is 276 g/mol. The maximum atomic E-state index is 11.9. The number of carbonyl (C=O) groups is 1. The molecule has 0 radical (unpaired) electrons. The number of rotatable bonds is 6. The van der Waals surface area contributed by atoms with Crippen molar-refractivity contribution in [2.45, 2.75) is 24.3 Å². The van der Waals surface area contributed by atoms with Crippen LogP contribution in [0.4, 0.5) is 0 Å². The third-order valence-electron chi connectivity index (χ3n) is 2.61. The van der Waals surface area contributed by atoms with Gasteiger partial charge in [0, 0.05) is 29.7 Å². The van der Waals surface area contributed by atoms with Gasteiger partial charge in [-0.15, -0.1) is 11.8 Å². The Kier molecular flexibility index (Phi) is 4.97. The van der Waals surface area contributed by atoms with Gasteiger partial charge in [-0.2, -0.15) is 0 Å². The van der Waals surface area contributed by atoms with Crippen LogP contribution in [0.5, 0.6) is 0 Å². The first-order valence-electron chi connectivity index (χ1n) is 6.11. The number of aromatic nitrogens is 3. The summed E-state index contributed by atoms with van der Waals surface area (Å²) in [6.45, 7) is 2.02. The van der Waals surface area contributed by atoms with Crippen LogP contribution in [0.2, 0.25) is 0 Å².